The highest BCUT2D eigenvalue weighted by Crippen LogP contribution is 2.24. The molecule has 3 rings (SSSR count). The van der Waals surface area contributed by atoms with Crippen molar-refractivity contribution in [1.29, 1.82) is 0 Å². The molecule has 0 spiro atoms. The van der Waals surface area contributed by atoms with Crippen molar-refractivity contribution in [2.24, 2.45) is 0 Å². The molecule has 7 nitrogen and oxygen atoms in total. The normalized spacial score (nSPS) is 11.0. The lowest BCUT2D eigenvalue weighted by Gasteiger charge is -2.09. The van der Waals surface area contributed by atoms with E-state index in [4.69, 9.17) is 11.6 Å². The third-order valence-corrected chi connectivity index (χ3v) is 4.71. The van der Waals surface area contributed by atoms with Gasteiger partial charge in [-0.15, -0.1) is 0 Å². The number of fused-ring (bicyclic) bond motifs is 1. The molecule has 0 radical (unpaired) electrons. The van der Waals surface area contributed by atoms with Crippen molar-refractivity contribution >= 4 is 45.9 Å². The monoisotopic (exact) mass is 424 g/mol. The number of nitrogens with one attached hydrogen (secondary N) is 2. The molecule has 1 aromatic heterocycles. The zero-order chi connectivity index (χ0) is 21.3. The molecule has 1 amide bonds. The van der Waals surface area contributed by atoms with Gasteiger partial charge in [-0.25, -0.2) is 0 Å². The van der Waals surface area contributed by atoms with Crippen LogP contribution >= 0.6 is 11.6 Å². The van der Waals surface area contributed by atoms with Crippen LogP contribution in [0.4, 0.5) is 11.4 Å². The number of pyridine rings is 1. The van der Waals surface area contributed by atoms with E-state index in [0.29, 0.717) is 17.1 Å². The van der Waals surface area contributed by atoms with Gasteiger partial charge in [0, 0.05) is 47.5 Å². The molecular formula is C22H21ClN4O3. The minimum Gasteiger partial charge on any atom is -0.384 e. The minimum atomic E-state index is -0.467. The maximum atomic E-state index is 11.9. The van der Waals surface area contributed by atoms with Crippen molar-refractivity contribution in [1.82, 2.24) is 10.3 Å². The Kier molecular flexibility index (Phi) is 7.34. The molecule has 2 aromatic carbocycles. The molecular weight excluding hydrogens is 404 g/mol. The molecule has 0 unspecified atom stereocenters. The standard InChI is InChI=1S/C22H21ClN4O3/c23-17-8-9-18-19(11-14-25-20(18)15-17)24-12-3-4-13-26-22(28)10-7-16-5-1-2-6-21(16)27(29)30/h1-2,5-11,14-15H,3-4,12-13H2,(H,24,25)(H,26,28)/b10-7+. The molecule has 8 heteroatoms. The number of hydrogen-bond donors (Lipinski definition) is 2. The fourth-order valence-electron chi connectivity index (χ4n) is 2.98. The summed E-state index contributed by atoms with van der Waals surface area (Å²) in [6, 6.07) is 13.8. The maximum Gasteiger partial charge on any atom is 0.276 e. The minimum absolute atomic E-state index is 0.0291. The first-order valence-electron chi connectivity index (χ1n) is 9.52. The van der Waals surface area contributed by atoms with Gasteiger partial charge < -0.3 is 10.6 Å². The number of unbranched alkanes of at least 4 members (excludes halogenated alkanes) is 1. The number of rotatable bonds is 9. The van der Waals surface area contributed by atoms with Gasteiger partial charge >= 0.3 is 0 Å². The van der Waals surface area contributed by atoms with Crippen LogP contribution < -0.4 is 10.6 Å². The van der Waals surface area contributed by atoms with Crippen LogP contribution in [0.5, 0.6) is 0 Å². The lowest BCUT2D eigenvalue weighted by atomic mass is 10.1. The van der Waals surface area contributed by atoms with E-state index in [-0.39, 0.29) is 11.6 Å². The number of carbonyl (C=O) groups excluding carboxylic acids is 1. The Bertz CT molecular complexity index is 1080. The Morgan fingerprint density at radius 1 is 1.13 bits per heavy atom. The first-order chi connectivity index (χ1) is 14.5. The Balaban J connectivity index is 1.41. The molecule has 0 aliphatic rings. The Hall–Kier alpha value is -3.45. The van der Waals surface area contributed by atoms with Crippen LogP contribution in [0.25, 0.3) is 17.0 Å². The molecule has 0 saturated carbocycles. The number of amides is 1. The van der Waals surface area contributed by atoms with E-state index < -0.39 is 4.92 Å². The lowest BCUT2D eigenvalue weighted by molar-refractivity contribution is -0.385. The third kappa shape index (κ3) is 5.78. The van der Waals surface area contributed by atoms with Gasteiger partial charge in [0.2, 0.25) is 5.91 Å². The van der Waals surface area contributed by atoms with Crippen LogP contribution in [0.1, 0.15) is 18.4 Å². The van der Waals surface area contributed by atoms with E-state index in [9.17, 15) is 14.9 Å². The number of nitrogens with zero attached hydrogens (tertiary/aromatic N) is 2. The van der Waals surface area contributed by atoms with Gasteiger partial charge in [-0.3, -0.25) is 19.9 Å². The fraction of sp³-hybridized carbons (Fsp3) is 0.182. The van der Waals surface area contributed by atoms with E-state index >= 15 is 0 Å². The number of hydrogen-bond acceptors (Lipinski definition) is 5. The number of benzene rings is 2. The lowest BCUT2D eigenvalue weighted by Crippen LogP contribution is -2.22. The molecule has 0 atom stereocenters. The number of halogens is 1. The molecule has 2 N–H and O–H groups in total. The number of carbonyl (C=O) groups is 1. The van der Waals surface area contributed by atoms with Crippen molar-refractivity contribution in [3.63, 3.8) is 0 Å². The molecule has 3 aromatic rings. The largest absolute Gasteiger partial charge is 0.384 e. The van der Waals surface area contributed by atoms with Gasteiger partial charge in [0.15, 0.2) is 0 Å². The highest BCUT2D eigenvalue weighted by atomic mass is 35.5. The average Bonchev–Trinajstić information content (AvgIpc) is 2.74. The van der Waals surface area contributed by atoms with Crippen molar-refractivity contribution in [2.45, 2.75) is 12.8 Å². The summed E-state index contributed by atoms with van der Waals surface area (Å²) in [5.41, 5.74) is 2.20. The highest BCUT2D eigenvalue weighted by Gasteiger charge is 2.09. The molecule has 0 aliphatic heterocycles. The topological polar surface area (TPSA) is 97.2 Å². The van der Waals surface area contributed by atoms with E-state index in [1.54, 1.807) is 24.4 Å². The SMILES string of the molecule is O=C(/C=C/c1ccccc1[N+](=O)[O-])NCCCCNc1ccnc2cc(Cl)ccc12. The molecule has 0 fully saturated rings. The Morgan fingerprint density at radius 2 is 1.93 bits per heavy atom. The van der Waals surface area contributed by atoms with Gasteiger partial charge in [0.1, 0.15) is 0 Å². The predicted octanol–water partition coefficient (Wildman–Crippen LogP) is 4.82. The summed E-state index contributed by atoms with van der Waals surface area (Å²) in [6.07, 6.45) is 6.17. The van der Waals surface area contributed by atoms with Crippen LogP contribution in [0.15, 0.2) is 60.8 Å². The molecule has 154 valence electrons. The van der Waals surface area contributed by atoms with Crippen LogP contribution in [0.2, 0.25) is 5.02 Å². The van der Waals surface area contributed by atoms with Crippen LogP contribution in [0.3, 0.4) is 0 Å². The van der Waals surface area contributed by atoms with E-state index in [1.165, 1.54) is 18.2 Å². The third-order valence-electron chi connectivity index (χ3n) is 4.47. The van der Waals surface area contributed by atoms with Crippen molar-refractivity contribution < 1.29 is 9.72 Å². The number of nitro benzene ring substituents is 1. The van der Waals surface area contributed by atoms with E-state index in [1.807, 2.05) is 24.3 Å². The summed E-state index contributed by atoms with van der Waals surface area (Å²) in [7, 11) is 0. The molecule has 1 heterocycles. The molecule has 0 aliphatic carbocycles. The Morgan fingerprint density at radius 3 is 2.77 bits per heavy atom. The summed E-state index contributed by atoms with van der Waals surface area (Å²) >= 11 is 6.01. The summed E-state index contributed by atoms with van der Waals surface area (Å²) in [4.78, 5) is 26.8. The smallest absolute Gasteiger partial charge is 0.276 e. The second-order valence-corrected chi connectivity index (χ2v) is 7.03. The zero-order valence-electron chi connectivity index (χ0n) is 16.2. The summed E-state index contributed by atoms with van der Waals surface area (Å²) in [5.74, 6) is -0.280. The molecule has 30 heavy (non-hydrogen) atoms. The second kappa shape index (κ2) is 10.4. The highest BCUT2D eigenvalue weighted by molar-refractivity contribution is 6.31. The fourth-order valence-corrected chi connectivity index (χ4v) is 3.15. The number of anilines is 1. The van der Waals surface area contributed by atoms with Crippen LogP contribution in [0, 0.1) is 10.1 Å². The van der Waals surface area contributed by atoms with Crippen molar-refractivity contribution in [2.75, 3.05) is 18.4 Å². The van der Waals surface area contributed by atoms with Crippen molar-refractivity contribution in [3.8, 4) is 0 Å². The van der Waals surface area contributed by atoms with Gasteiger partial charge in [-0.1, -0.05) is 23.7 Å². The van der Waals surface area contributed by atoms with Crippen LogP contribution in [-0.2, 0) is 4.79 Å². The molecule has 0 bridgehead atoms. The van der Waals surface area contributed by atoms with Gasteiger partial charge in [-0.05, 0) is 49.2 Å². The van der Waals surface area contributed by atoms with Gasteiger partial charge in [0.05, 0.1) is 16.0 Å². The zero-order valence-corrected chi connectivity index (χ0v) is 16.9. The van der Waals surface area contributed by atoms with E-state index in [2.05, 4.69) is 15.6 Å². The summed E-state index contributed by atoms with van der Waals surface area (Å²) in [5, 5.41) is 18.8. The summed E-state index contributed by atoms with van der Waals surface area (Å²) < 4.78 is 0. The first-order valence-corrected chi connectivity index (χ1v) is 9.90. The van der Waals surface area contributed by atoms with Gasteiger partial charge in [-0.2, -0.15) is 0 Å². The van der Waals surface area contributed by atoms with Crippen molar-refractivity contribution in [3.05, 3.63) is 81.5 Å². The number of nitro groups is 1. The predicted molar refractivity (Wildman–Crippen MR) is 120 cm³/mol. The number of para-hydroxylation sites is 1. The van der Waals surface area contributed by atoms with Crippen LogP contribution in [-0.4, -0.2) is 28.9 Å². The molecule has 0 saturated heterocycles. The average molecular weight is 425 g/mol. The first kappa shape index (κ1) is 21.3. The number of aromatic nitrogens is 1. The second-order valence-electron chi connectivity index (χ2n) is 6.59. The van der Waals surface area contributed by atoms with E-state index in [0.717, 1.165) is 36.0 Å². The summed E-state index contributed by atoms with van der Waals surface area (Å²) in [6.45, 7) is 1.28. The maximum absolute atomic E-state index is 11.9. The quantitative estimate of drug-likeness (QED) is 0.222. The Labute approximate surface area is 178 Å². The van der Waals surface area contributed by atoms with Gasteiger partial charge in [0.25, 0.3) is 5.69 Å².